The lowest BCUT2D eigenvalue weighted by molar-refractivity contribution is -0.141. The summed E-state index contributed by atoms with van der Waals surface area (Å²) in [6.07, 6.45) is -2.82. The van der Waals surface area contributed by atoms with Crippen LogP contribution in [0.2, 0.25) is 5.15 Å². The Morgan fingerprint density at radius 2 is 2.16 bits per heavy atom. The summed E-state index contributed by atoms with van der Waals surface area (Å²) in [5, 5.41) is -0.186. The molecule has 0 bridgehead atoms. The molecule has 0 unspecified atom stereocenters. The Labute approximate surface area is 147 Å². The Hall–Kier alpha value is -2.02. The Kier molecular flexibility index (Phi) is 4.77. The molecule has 25 heavy (non-hydrogen) atoms. The minimum absolute atomic E-state index is 0.00698. The third-order valence-electron chi connectivity index (χ3n) is 4.25. The molecule has 1 aliphatic rings. The summed E-state index contributed by atoms with van der Waals surface area (Å²) >= 11 is 5.72. The van der Waals surface area contributed by atoms with Crippen molar-refractivity contribution in [3.63, 3.8) is 0 Å². The highest BCUT2D eigenvalue weighted by Gasteiger charge is 2.34. The molecule has 1 aromatic carbocycles. The number of fused-ring (bicyclic) bond motifs is 1. The lowest BCUT2D eigenvalue weighted by Crippen LogP contribution is -2.33. The van der Waals surface area contributed by atoms with Gasteiger partial charge in [-0.3, -0.25) is 4.79 Å². The van der Waals surface area contributed by atoms with Crippen molar-refractivity contribution in [3.05, 3.63) is 35.0 Å². The van der Waals surface area contributed by atoms with E-state index in [-0.39, 0.29) is 34.7 Å². The van der Waals surface area contributed by atoms with Gasteiger partial charge in [-0.2, -0.15) is 13.2 Å². The first-order valence-corrected chi connectivity index (χ1v) is 8.21. The second kappa shape index (κ2) is 6.71. The first-order chi connectivity index (χ1) is 11.8. The van der Waals surface area contributed by atoms with Gasteiger partial charge in [0.05, 0.1) is 17.1 Å². The van der Waals surface area contributed by atoms with Crippen molar-refractivity contribution in [2.24, 2.45) is 0 Å². The molecule has 1 saturated heterocycles. The van der Waals surface area contributed by atoms with Crippen molar-refractivity contribution in [2.45, 2.75) is 32.0 Å². The molecule has 8 heteroatoms. The lowest BCUT2D eigenvalue weighted by Gasteiger charge is -2.27. The number of aromatic nitrogens is 1. The standard InChI is InChI=1S/C17H16ClF3N2O2/c1-10(24)25-9-12-3-2-6-23(12)11-4-5-15-13(7-11)14(17(19,20)21)8-16(18)22-15/h4-5,7-8,12H,2-3,6,9H2,1H3/t12-/m1/s1. The molecule has 2 aromatic rings. The van der Waals surface area contributed by atoms with Crippen LogP contribution in [0.25, 0.3) is 10.9 Å². The van der Waals surface area contributed by atoms with Crippen LogP contribution in [0.1, 0.15) is 25.3 Å². The molecule has 134 valence electrons. The number of anilines is 1. The highest BCUT2D eigenvalue weighted by Crippen LogP contribution is 2.38. The topological polar surface area (TPSA) is 42.4 Å². The number of halogens is 4. The summed E-state index contributed by atoms with van der Waals surface area (Å²) in [6.45, 7) is 2.25. The van der Waals surface area contributed by atoms with Crippen LogP contribution in [0.5, 0.6) is 0 Å². The number of nitrogens with zero attached hydrogens (tertiary/aromatic N) is 2. The number of carbonyl (C=O) groups is 1. The maximum Gasteiger partial charge on any atom is 0.417 e. The van der Waals surface area contributed by atoms with Crippen molar-refractivity contribution in [3.8, 4) is 0 Å². The fourth-order valence-corrected chi connectivity index (χ4v) is 3.36. The molecule has 4 nitrogen and oxygen atoms in total. The number of rotatable bonds is 3. The first kappa shape index (κ1) is 17.8. The second-order valence-electron chi connectivity index (χ2n) is 5.98. The third kappa shape index (κ3) is 3.81. The molecular weight excluding hydrogens is 357 g/mol. The summed E-state index contributed by atoms with van der Waals surface area (Å²) in [5.41, 5.74) is 0.0381. The predicted molar refractivity (Wildman–Crippen MR) is 88.8 cm³/mol. The van der Waals surface area contributed by atoms with Crippen LogP contribution in [0, 0.1) is 0 Å². The van der Waals surface area contributed by atoms with Gasteiger partial charge in [-0.25, -0.2) is 4.98 Å². The van der Waals surface area contributed by atoms with Gasteiger partial charge in [0.15, 0.2) is 0 Å². The smallest absolute Gasteiger partial charge is 0.417 e. The molecule has 1 aliphatic heterocycles. The zero-order chi connectivity index (χ0) is 18.2. The van der Waals surface area contributed by atoms with Crippen molar-refractivity contribution in [1.29, 1.82) is 0 Å². The zero-order valence-corrected chi connectivity index (χ0v) is 14.2. The van der Waals surface area contributed by atoms with E-state index in [0.717, 1.165) is 18.9 Å². The maximum atomic E-state index is 13.3. The average molecular weight is 373 g/mol. The van der Waals surface area contributed by atoms with E-state index in [1.54, 1.807) is 6.07 Å². The molecule has 0 N–H and O–H groups in total. The summed E-state index contributed by atoms with van der Waals surface area (Å²) in [7, 11) is 0. The minimum Gasteiger partial charge on any atom is -0.464 e. The fourth-order valence-electron chi connectivity index (χ4n) is 3.16. The van der Waals surface area contributed by atoms with Gasteiger partial charge in [0.25, 0.3) is 0 Å². The SMILES string of the molecule is CC(=O)OC[C@H]1CCCN1c1ccc2nc(Cl)cc(C(F)(F)F)c2c1. The number of hydrogen-bond donors (Lipinski definition) is 0. The van der Waals surface area contributed by atoms with E-state index >= 15 is 0 Å². The Morgan fingerprint density at radius 3 is 2.84 bits per heavy atom. The molecular formula is C17H16ClF3N2O2. The molecule has 0 aliphatic carbocycles. The molecule has 2 heterocycles. The quantitative estimate of drug-likeness (QED) is 0.590. The normalized spacial score (nSPS) is 18.0. The summed E-state index contributed by atoms with van der Waals surface area (Å²) in [4.78, 5) is 17.0. The van der Waals surface area contributed by atoms with E-state index in [4.69, 9.17) is 16.3 Å². The molecule has 1 fully saturated rings. The van der Waals surface area contributed by atoms with Crippen molar-refractivity contribution < 1.29 is 22.7 Å². The highest BCUT2D eigenvalue weighted by molar-refractivity contribution is 6.30. The summed E-state index contributed by atoms with van der Waals surface area (Å²) in [5.74, 6) is -0.372. The van der Waals surface area contributed by atoms with Crippen LogP contribution >= 0.6 is 11.6 Å². The Bertz CT molecular complexity index is 810. The number of benzene rings is 1. The van der Waals surface area contributed by atoms with Crippen LogP contribution < -0.4 is 4.90 Å². The van der Waals surface area contributed by atoms with E-state index in [2.05, 4.69) is 4.98 Å². The van der Waals surface area contributed by atoms with Crippen LogP contribution in [-0.4, -0.2) is 30.1 Å². The van der Waals surface area contributed by atoms with Gasteiger partial charge < -0.3 is 9.64 Å². The van der Waals surface area contributed by atoms with E-state index in [9.17, 15) is 18.0 Å². The van der Waals surface area contributed by atoms with Gasteiger partial charge >= 0.3 is 12.1 Å². The number of esters is 1. The van der Waals surface area contributed by atoms with Crippen molar-refractivity contribution >= 4 is 34.2 Å². The minimum atomic E-state index is -4.52. The third-order valence-corrected chi connectivity index (χ3v) is 4.45. The molecule has 1 atom stereocenters. The zero-order valence-electron chi connectivity index (χ0n) is 13.4. The number of carbonyl (C=O) groups excluding carboxylic acids is 1. The highest BCUT2D eigenvalue weighted by atomic mass is 35.5. The van der Waals surface area contributed by atoms with Gasteiger partial charge in [-0.1, -0.05) is 11.6 Å². The van der Waals surface area contributed by atoms with Crippen LogP contribution in [0.4, 0.5) is 18.9 Å². The number of pyridine rings is 1. The van der Waals surface area contributed by atoms with Gasteiger partial charge in [-0.05, 0) is 37.1 Å². The molecule has 3 rings (SSSR count). The number of hydrogen-bond acceptors (Lipinski definition) is 4. The predicted octanol–water partition coefficient (Wildman–Crippen LogP) is 4.44. The van der Waals surface area contributed by atoms with Crippen LogP contribution in [0.3, 0.4) is 0 Å². The Morgan fingerprint density at radius 1 is 1.40 bits per heavy atom. The van der Waals surface area contributed by atoms with Gasteiger partial charge in [0.1, 0.15) is 11.8 Å². The summed E-state index contributed by atoms with van der Waals surface area (Å²) in [6, 6.07) is 5.53. The Balaban J connectivity index is 2.00. The van der Waals surface area contributed by atoms with E-state index < -0.39 is 11.7 Å². The first-order valence-electron chi connectivity index (χ1n) is 7.83. The van der Waals surface area contributed by atoms with Gasteiger partial charge in [0, 0.05) is 24.5 Å². The van der Waals surface area contributed by atoms with E-state index in [1.165, 1.54) is 19.1 Å². The molecule has 0 saturated carbocycles. The second-order valence-corrected chi connectivity index (χ2v) is 6.37. The number of alkyl halides is 3. The molecule has 0 amide bonds. The van der Waals surface area contributed by atoms with E-state index in [1.807, 2.05) is 4.90 Å². The molecule has 0 spiro atoms. The summed E-state index contributed by atoms with van der Waals surface area (Å²) < 4.78 is 45.1. The van der Waals surface area contributed by atoms with Gasteiger partial charge in [-0.15, -0.1) is 0 Å². The maximum absolute atomic E-state index is 13.3. The van der Waals surface area contributed by atoms with Crippen LogP contribution in [0.15, 0.2) is 24.3 Å². The fraction of sp³-hybridized carbons (Fsp3) is 0.412. The van der Waals surface area contributed by atoms with E-state index in [0.29, 0.717) is 12.2 Å². The van der Waals surface area contributed by atoms with Crippen LogP contribution in [-0.2, 0) is 15.7 Å². The molecule has 0 radical (unpaired) electrons. The average Bonchev–Trinajstić information content (AvgIpc) is 2.99. The number of ether oxygens (including phenoxy) is 1. The lowest BCUT2D eigenvalue weighted by atomic mass is 10.1. The monoisotopic (exact) mass is 372 g/mol. The largest absolute Gasteiger partial charge is 0.464 e. The van der Waals surface area contributed by atoms with Gasteiger partial charge in [0.2, 0.25) is 0 Å². The van der Waals surface area contributed by atoms with Crippen molar-refractivity contribution in [2.75, 3.05) is 18.1 Å². The van der Waals surface area contributed by atoms with Crippen molar-refractivity contribution in [1.82, 2.24) is 4.98 Å². The molecule has 1 aromatic heterocycles.